The molecule has 9 nitrogen and oxygen atoms in total. The molecular formula is C23H29ClN4O5. The van der Waals surface area contributed by atoms with Crippen LogP contribution in [0.1, 0.15) is 5.56 Å². The molecule has 0 saturated heterocycles. The van der Waals surface area contributed by atoms with Crippen LogP contribution in [0.15, 0.2) is 60.0 Å². The van der Waals surface area contributed by atoms with Crippen molar-refractivity contribution in [3.05, 3.63) is 70.6 Å². The molecule has 0 saturated carbocycles. The van der Waals surface area contributed by atoms with E-state index in [1.165, 1.54) is 0 Å². The van der Waals surface area contributed by atoms with Gasteiger partial charge in [-0.3, -0.25) is 4.79 Å². The maximum Gasteiger partial charge on any atom is 0.271 e. The predicted molar refractivity (Wildman–Crippen MR) is 125 cm³/mol. The number of halogens is 1. The standard InChI is InChI=1S/C23H29ClN4O5/c1-25-21-20(22(30)26-10-12-32-13-11-29)28(15-16-6-8-17(24)9-7-16)23(27-21)33-19-5-3-4-18(14-19)31-2/h3-9,14,23,25,27,29H,10-13,15H2,1-2H3,(H,26,30). The molecule has 178 valence electrons. The van der Waals surface area contributed by atoms with Gasteiger partial charge in [0.05, 0.1) is 26.9 Å². The minimum absolute atomic E-state index is 0.0644. The molecule has 1 amide bonds. The Morgan fingerprint density at radius 2 is 1.94 bits per heavy atom. The summed E-state index contributed by atoms with van der Waals surface area (Å²) >= 11 is 6.04. The number of amides is 1. The third-order valence-electron chi connectivity index (χ3n) is 4.86. The summed E-state index contributed by atoms with van der Waals surface area (Å²) in [6.07, 6.45) is -0.651. The van der Waals surface area contributed by atoms with Gasteiger partial charge in [0.2, 0.25) is 0 Å². The number of nitrogens with zero attached hydrogens (tertiary/aromatic N) is 1. The van der Waals surface area contributed by atoms with Gasteiger partial charge in [0.15, 0.2) is 0 Å². The number of carbonyl (C=O) groups is 1. The number of methoxy groups -OCH3 is 1. The molecule has 0 spiro atoms. The van der Waals surface area contributed by atoms with Crippen molar-refractivity contribution in [1.29, 1.82) is 0 Å². The molecule has 2 aromatic carbocycles. The Hall–Kier alpha value is -3.14. The first-order chi connectivity index (χ1) is 16.0. The second kappa shape index (κ2) is 12.2. The van der Waals surface area contributed by atoms with Gasteiger partial charge in [0.25, 0.3) is 12.3 Å². The monoisotopic (exact) mass is 476 g/mol. The molecule has 1 heterocycles. The van der Waals surface area contributed by atoms with Crippen LogP contribution in [-0.4, -0.2) is 62.8 Å². The van der Waals surface area contributed by atoms with Crippen molar-refractivity contribution in [1.82, 2.24) is 20.9 Å². The average Bonchev–Trinajstić information content (AvgIpc) is 3.17. The van der Waals surface area contributed by atoms with E-state index in [0.717, 1.165) is 5.56 Å². The molecule has 1 unspecified atom stereocenters. The molecule has 1 aliphatic heterocycles. The zero-order valence-corrected chi connectivity index (χ0v) is 19.4. The second-order valence-corrected chi connectivity index (χ2v) is 7.55. The molecule has 1 atom stereocenters. The van der Waals surface area contributed by atoms with E-state index in [1.807, 2.05) is 35.2 Å². The first-order valence-corrected chi connectivity index (χ1v) is 10.9. The fourth-order valence-electron chi connectivity index (χ4n) is 3.30. The van der Waals surface area contributed by atoms with E-state index < -0.39 is 6.35 Å². The van der Waals surface area contributed by atoms with Crippen LogP contribution in [0.25, 0.3) is 0 Å². The van der Waals surface area contributed by atoms with Gasteiger partial charge >= 0.3 is 0 Å². The second-order valence-electron chi connectivity index (χ2n) is 7.11. The lowest BCUT2D eigenvalue weighted by Gasteiger charge is -2.28. The third-order valence-corrected chi connectivity index (χ3v) is 5.11. The van der Waals surface area contributed by atoms with Crippen molar-refractivity contribution in [2.75, 3.05) is 40.5 Å². The van der Waals surface area contributed by atoms with E-state index in [-0.39, 0.29) is 19.1 Å². The first kappa shape index (κ1) is 24.5. The zero-order valence-electron chi connectivity index (χ0n) is 18.6. The van der Waals surface area contributed by atoms with Crippen LogP contribution in [0.2, 0.25) is 5.02 Å². The molecular weight excluding hydrogens is 448 g/mol. The Kier molecular flexibility index (Phi) is 9.05. The van der Waals surface area contributed by atoms with E-state index in [2.05, 4.69) is 16.0 Å². The van der Waals surface area contributed by atoms with Crippen LogP contribution in [0.5, 0.6) is 11.5 Å². The quantitative estimate of drug-likeness (QED) is 0.343. The summed E-state index contributed by atoms with van der Waals surface area (Å²) in [5.74, 6) is 1.50. The van der Waals surface area contributed by atoms with Crippen LogP contribution >= 0.6 is 11.6 Å². The minimum atomic E-state index is -0.651. The Morgan fingerprint density at radius 1 is 1.18 bits per heavy atom. The molecule has 0 aromatic heterocycles. The number of benzene rings is 2. The lowest BCUT2D eigenvalue weighted by Crippen LogP contribution is -2.44. The van der Waals surface area contributed by atoms with Crippen molar-refractivity contribution in [2.45, 2.75) is 12.9 Å². The largest absolute Gasteiger partial charge is 0.497 e. The Balaban J connectivity index is 1.82. The zero-order chi connectivity index (χ0) is 23.6. The van der Waals surface area contributed by atoms with Crippen molar-refractivity contribution >= 4 is 17.5 Å². The molecule has 33 heavy (non-hydrogen) atoms. The number of carbonyl (C=O) groups excluding carboxylic acids is 1. The minimum Gasteiger partial charge on any atom is -0.497 e. The number of hydrogen-bond donors (Lipinski definition) is 4. The van der Waals surface area contributed by atoms with E-state index in [1.54, 1.807) is 32.4 Å². The van der Waals surface area contributed by atoms with Gasteiger partial charge in [0.1, 0.15) is 23.0 Å². The van der Waals surface area contributed by atoms with Crippen molar-refractivity contribution in [3.8, 4) is 11.5 Å². The van der Waals surface area contributed by atoms with E-state index in [9.17, 15) is 4.79 Å². The predicted octanol–water partition coefficient (Wildman–Crippen LogP) is 1.63. The number of rotatable bonds is 12. The Labute approximate surface area is 198 Å². The lowest BCUT2D eigenvalue weighted by molar-refractivity contribution is -0.120. The average molecular weight is 477 g/mol. The van der Waals surface area contributed by atoms with Crippen LogP contribution in [0, 0.1) is 0 Å². The number of ether oxygens (including phenoxy) is 3. The van der Waals surface area contributed by atoms with Crippen LogP contribution in [0.3, 0.4) is 0 Å². The van der Waals surface area contributed by atoms with Gasteiger partial charge in [-0.1, -0.05) is 29.8 Å². The maximum absolute atomic E-state index is 13.1. The highest BCUT2D eigenvalue weighted by Crippen LogP contribution is 2.27. The summed E-state index contributed by atoms with van der Waals surface area (Å²) in [5.41, 5.74) is 1.36. The molecule has 10 heteroatoms. The number of aliphatic hydroxyl groups is 1. The number of nitrogens with one attached hydrogen (secondary N) is 3. The summed E-state index contributed by atoms with van der Waals surface area (Å²) in [5, 5.41) is 18.6. The summed E-state index contributed by atoms with van der Waals surface area (Å²) in [6.45, 7) is 1.15. The first-order valence-electron chi connectivity index (χ1n) is 10.5. The molecule has 0 radical (unpaired) electrons. The Morgan fingerprint density at radius 3 is 2.64 bits per heavy atom. The van der Waals surface area contributed by atoms with Gasteiger partial charge in [-0.2, -0.15) is 0 Å². The van der Waals surface area contributed by atoms with Crippen LogP contribution in [0.4, 0.5) is 0 Å². The highest BCUT2D eigenvalue weighted by molar-refractivity contribution is 6.30. The smallest absolute Gasteiger partial charge is 0.271 e. The van der Waals surface area contributed by atoms with E-state index in [0.29, 0.717) is 47.7 Å². The number of hydrogen-bond acceptors (Lipinski definition) is 8. The van der Waals surface area contributed by atoms with Gasteiger partial charge in [-0.25, -0.2) is 0 Å². The SMILES string of the molecule is CNC1=C(C(=O)NCCOCCO)N(Cc2ccc(Cl)cc2)C(Oc2cccc(OC)c2)N1. The Bertz CT molecular complexity index is 954. The topological polar surface area (TPSA) is 104 Å². The van der Waals surface area contributed by atoms with Crippen LogP contribution < -0.4 is 25.4 Å². The van der Waals surface area contributed by atoms with Crippen molar-refractivity contribution in [3.63, 3.8) is 0 Å². The summed E-state index contributed by atoms with van der Waals surface area (Å²) < 4.78 is 16.7. The molecule has 1 aliphatic rings. The van der Waals surface area contributed by atoms with Gasteiger partial charge in [0, 0.05) is 31.2 Å². The summed E-state index contributed by atoms with van der Waals surface area (Å²) in [6, 6.07) is 14.7. The summed E-state index contributed by atoms with van der Waals surface area (Å²) in [7, 11) is 3.32. The van der Waals surface area contributed by atoms with Gasteiger partial charge in [-0.05, 0) is 29.8 Å². The van der Waals surface area contributed by atoms with Gasteiger partial charge < -0.3 is 40.2 Å². The normalized spacial score (nSPS) is 15.3. The highest BCUT2D eigenvalue weighted by Gasteiger charge is 2.36. The highest BCUT2D eigenvalue weighted by atomic mass is 35.5. The molecule has 0 bridgehead atoms. The fraction of sp³-hybridized carbons (Fsp3) is 0.348. The molecule has 0 fully saturated rings. The lowest BCUT2D eigenvalue weighted by atomic mass is 10.2. The number of aliphatic hydroxyl groups excluding tert-OH is 1. The fourth-order valence-corrected chi connectivity index (χ4v) is 3.42. The molecule has 2 aromatic rings. The maximum atomic E-state index is 13.1. The summed E-state index contributed by atoms with van der Waals surface area (Å²) in [4.78, 5) is 14.9. The molecule has 4 N–H and O–H groups in total. The molecule has 0 aliphatic carbocycles. The van der Waals surface area contributed by atoms with Crippen molar-refractivity contribution in [2.24, 2.45) is 0 Å². The third kappa shape index (κ3) is 6.67. The van der Waals surface area contributed by atoms with E-state index in [4.69, 9.17) is 30.9 Å². The van der Waals surface area contributed by atoms with Crippen LogP contribution in [-0.2, 0) is 16.1 Å². The van der Waals surface area contributed by atoms with E-state index >= 15 is 0 Å². The van der Waals surface area contributed by atoms with Crippen molar-refractivity contribution < 1.29 is 24.1 Å². The van der Waals surface area contributed by atoms with Gasteiger partial charge in [-0.15, -0.1) is 0 Å². The molecule has 3 rings (SSSR count).